The second-order valence-corrected chi connectivity index (χ2v) is 9.98. The molecule has 2 N–H and O–H groups in total. The fourth-order valence-electron chi connectivity index (χ4n) is 5.10. The fraction of sp³-hybridized carbons (Fsp3) is 0.310. The quantitative estimate of drug-likeness (QED) is 0.272. The second-order valence-electron chi connectivity index (χ2n) is 9.98. The van der Waals surface area contributed by atoms with E-state index in [0.29, 0.717) is 22.0 Å². The summed E-state index contributed by atoms with van der Waals surface area (Å²) in [6.45, 7) is 4.54. The molecule has 3 aromatic carbocycles. The molecule has 10 nitrogen and oxygen atoms in total. The second kappa shape index (κ2) is 9.61. The van der Waals surface area contributed by atoms with Crippen molar-refractivity contribution in [3.8, 4) is 11.5 Å². The van der Waals surface area contributed by atoms with Crippen molar-refractivity contribution in [2.24, 2.45) is 0 Å². The Hall–Kier alpha value is -4.60. The number of hydrogen-bond acceptors (Lipinski definition) is 8. The zero-order valence-electron chi connectivity index (χ0n) is 21.8. The van der Waals surface area contributed by atoms with Gasteiger partial charge in [0.25, 0.3) is 0 Å². The van der Waals surface area contributed by atoms with Crippen LogP contribution in [0.25, 0.3) is 32.6 Å². The number of ether oxygens (including phenoxy) is 4. The molecule has 0 spiro atoms. The number of methoxy groups -OCH3 is 1. The minimum absolute atomic E-state index is 0.218. The molecule has 0 aliphatic carbocycles. The molecule has 0 bridgehead atoms. The first-order valence-electron chi connectivity index (χ1n) is 12.4. The summed E-state index contributed by atoms with van der Waals surface area (Å²) in [5.41, 5.74) is -0.333. The van der Waals surface area contributed by atoms with E-state index in [1.54, 1.807) is 26.0 Å². The molecule has 1 aliphatic heterocycles. The number of fused-ring (bicyclic) bond motifs is 5. The molecule has 2 unspecified atom stereocenters. The first-order valence-corrected chi connectivity index (χ1v) is 12.4. The van der Waals surface area contributed by atoms with Gasteiger partial charge in [-0.1, -0.05) is 24.3 Å². The predicted molar refractivity (Wildman–Crippen MR) is 142 cm³/mol. The van der Waals surface area contributed by atoms with Crippen molar-refractivity contribution in [1.82, 2.24) is 4.98 Å². The van der Waals surface area contributed by atoms with Gasteiger partial charge >= 0.3 is 17.9 Å². The maximum absolute atomic E-state index is 13.9. The number of aliphatic carboxylic acids is 1. The van der Waals surface area contributed by atoms with Crippen LogP contribution >= 0.6 is 0 Å². The highest BCUT2D eigenvalue weighted by Crippen LogP contribution is 2.48. The van der Waals surface area contributed by atoms with Crippen LogP contribution < -0.4 is 14.9 Å². The smallest absolute Gasteiger partial charge is 0.306 e. The van der Waals surface area contributed by atoms with Gasteiger partial charge in [0.2, 0.25) is 5.43 Å². The molecule has 2 atom stereocenters. The Kier molecular flexibility index (Phi) is 6.41. The van der Waals surface area contributed by atoms with E-state index in [-0.39, 0.29) is 28.7 Å². The van der Waals surface area contributed by atoms with Crippen LogP contribution in [-0.4, -0.2) is 46.8 Å². The summed E-state index contributed by atoms with van der Waals surface area (Å²) >= 11 is 0. The van der Waals surface area contributed by atoms with E-state index in [1.807, 2.05) is 30.3 Å². The van der Waals surface area contributed by atoms with Crippen molar-refractivity contribution in [2.45, 2.75) is 51.4 Å². The molecule has 0 amide bonds. The largest absolute Gasteiger partial charge is 0.496 e. The average molecular weight is 534 g/mol. The lowest BCUT2D eigenvalue weighted by molar-refractivity contribution is -0.189. The highest BCUT2D eigenvalue weighted by molar-refractivity contribution is 6.03. The van der Waals surface area contributed by atoms with Crippen molar-refractivity contribution in [2.75, 3.05) is 7.11 Å². The molecule has 2 heterocycles. The summed E-state index contributed by atoms with van der Waals surface area (Å²) < 4.78 is 23.2. The van der Waals surface area contributed by atoms with E-state index < -0.39 is 42.1 Å². The van der Waals surface area contributed by atoms with E-state index >= 15 is 0 Å². The van der Waals surface area contributed by atoms with Gasteiger partial charge in [0.05, 0.1) is 41.9 Å². The lowest BCUT2D eigenvalue weighted by atomic mass is 9.86. The molecule has 5 rings (SSSR count). The summed E-state index contributed by atoms with van der Waals surface area (Å²) in [5, 5.41) is 11.4. The van der Waals surface area contributed by atoms with Gasteiger partial charge in [-0.2, -0.15) is 0 Å². The van der Waals surface area contributed by atoms with Crippen LogP contribution in [0.4, 0.5) is 0 Å². The van der Waals surface area contributed by atoms with Crippen LogP contribution in [-0.2, 0) is 23.9 Å². The number of aromatic amines is 1. The number of nitrogens with one attached hydrogen (secondary N) is 1. The number of carboxylic acid groups (broad SMARTS) is 1. The van der Waals surface area contributed by atoms with Crippen LogP contribution in [0, 0.1) is 0 Å². The number of benzene rings is 3. The van der Waals surface area contributed by atoms with Gasteiger partial charge < -0.3 is 29.0 Å². The Bertz CT molecular complexity index is 1720. The molecule has 10 heteroatoms. The molecule has 0 fully saturated rings. The number of H-pyrrole nitrogens is 1. The highest BCUT2D eigenvalue weighted by atomic mass is 16.6. The molecule has 1 aromatic heterocycles. The number of pyridine rings is 1. The molecule has 0 saturated heterocycles. The minimum Gasteiger partial charge on any atom is -0.496 e. The number of aromatic nitrogens is 1. The van der Waals surface area contributed by atoms with E-state index in [0.717, 1.165) is 10.8 Å². The number of esters is 2. The summed E-state index contributed by atoms with van der Waals surface area (Å²) in [7, 11) is 1.44. The van der Waals surface area contributed by atoms with Crippen LogP contribution in [0.3, 0.4) is 0 Å². The van der Waals surface area contributed by atoms with Crippen LogP contribution in [0.5, 0.6) is 11.5 Å². The SMILES string of the molecule is COc1cc2c(c3[nH]c4cc5ccccc5cc4c(=O)c13)C(OC(C)=O)C(OC(=O)CCC(=O)O)C(C)(C)O2. The van der Waals surface area contributed by atoms with Gasteiger partial charge in [-0.15, -0.1) is 0 Å². The Balaban J connectivity index is 1.78. The van der Waals surface area contributed by atoms with Crippen molar-refractivity contribution in [1.29, 1.82) is 0 Å². The first kappa shape index (κ1) is 26.0. The van der Waals surface area contributed by atoms with Gasteiger partial charge in [-0.25, -0.2) is 0 Å². The Morgan fingerprint density at radius 3 is 2.38 bits per heavy atom. The van der Waals surface area contributed by atoms with Gasteiger partial charge in [0.15, 0.2) is 12.2 Å². The topological polar surface area (TPSA) is 141 Å². The zero-order chi connectivity index (χ0) is 28.1. The Morgan fingerprint density at radius 1 is 1.05 bits per heavy atom. The van der Waals surface area contributed by atoms with Crippen LogP contribution in [0.1, 0.15) is 45.3 Å². The maximum atomic E-state index is 13.9. The van der Waals surface area contributed by atoms with E-state index in [9.17, 15) is 19.2 Å². The first-order chi connectivity index (χ1) is 18.5. The summed E-state index contributed by atoms with van der Waals surface area (Å²) in [6, 6.07) is 12.8. The molecular formula is C29H27NO9. The lowest BCUT2D eigenvalue weighted by Gasteiger charge is -2.43. The van der Waals surface area contributed by atoms with Gasteiger partial charge in [0.1, 0.15) is 17.1 Å². The van der Waals surface area contributed by atoms with Crippen molar-refractivity contribution >= 4 is 50.5 Å². The predicted octanol–water partition coefficient (Wildman–Crippen LogP) is 4.39. The van der Waals surface area contributed by atoms with Gasteiger partial charge in [0, 0.05) is 18.4 Å². The fourth-order valence-corrected chi connectivity index (χ4v) is 5.10. The molecule has 39 heavy (non-hydrogen) atoms. The number of carboxylic acids is 1. The summed E-state index contributed by atoms with van der Waals surface area (Å²) in [4.78, 5) is 53.1. The standard InChI is InChI=1S/C29H27NO9/c1-14(31)37-27-24-20(39-29(2,3)28(27)38-22(34)10-9-21(32)33)13-19(36-4)23-25(24)30-18-12-16-8-6-5-7-15(16)11-17(18)26(23)35/h5-8,11-13,27-28H,9-10H2,1-4H3,(H,30,35)(H,32,33). The third-order valence-corrected chi connectivity index (χ3v) is 6.84. The van der Waals surface area contributed by atoms with Crippen molar-refractivity contribution < 1.29 is 38.4 Å². The lowest BCUT2D eigenvalue weighted by Crippen LogP contribution is -2.52. The van der Waals surface area contributed by atoms with Crippen LogP contribution in [0.2, 0.25) is 0 Å². The van der Waals surface area contributed by atoms with Crippen molar-refractivity contribution in [3.63, 3.8) is 0 Å². The number of hydrogen-bond donors (Lipinski definition) is 2. The number of carbonyl (C=O) groups is 3. The van der Waals surface area contributed by atoms with Gasteiger partial charge in [-0.3, -0.25) is 19.2 Å². The average Bonchev–Trinajstić information content (AvgIpc) is 2.87. The Morgan fingerprint density at radius 2 is 1.74 bits per heavy atom. The molecule has 0 radical (unpaired) electrons. The molecule has 4 aromatic rings. The monoisotopic (exact) mass is 533 g/mol. The maximum Gasteiger partial charge on any atom is 0.306 e. The molecule has 1 aliphatic rings. The Labute approximate surface area is 222 Å². The molecule has 0 saturated carbocycles. The number of carbonyl (C=O) groups excluding carboxylic acids is 2. The third kappa shape index (κ3) is 4.62. The zero-order valence-corrected chi connectivity index (χ0v) is 21.8. The van der Waals surface area contributed by atoms with Crippen molar-refractivity contribution in [3.05, 3.63) is 58.3 Å². The van der Waals surface area contributed by atoms with E-state index in [1.165, 1.54) is 14.0 Å². The van der Waals surface area contributed by atoms with Gasteiger partial charge in [-0.05, 0) is 36.8 Å². The summed E-state index contributed by atoms with van der Waals surface area (Å²) in [6.07, 6.45) is -3.12. The van der Waals surface area contributed by atoms with Crippen LogP contribution in [0.15, 0.2) is 47.3 Å². The highest BCUT2D eigenvalue weighted by Gasteiger charge is 2.50. The van der Waals surface area contributed by atoms with E-state index in [4.69, 9.17) is 24.1 Å². The summed E-state index contributed by atoms with van der Waals surface area (Å²) in [5.74, 6) is -2.04. The third-order valence-electron chi connectivity index (χ3n) is 6.84. The normalized spacial score (nSPS) is 17.8. The van der Waals surface area contributed by atoms with E-state index in [2.05, 4.69) is 4.98 Å². The minimum atomic E-state index is -1.20. The number of rotatable bonds is 6. The molecular weight excluding hydrogens is 506 g/mol. The molecule has 202 valence electrons.